The minimum Gasteiger partial charge on any atom is -0.493 e. The summed E-state index contributed by atoms with van der Waals surface area (Å²) in [5.41, 5.74) is 6.50. The number of rotatable bonds is 5. The first-order chi connectivity index (χ1) is 11.3. The number of nitrogens with two attached hydrogens (primary N) is 1. The first-order valence-corrected chi connectivity index (χ1v) is 7.81. The van der Waals surface area contributed by atoms with E-state index in [0.29, 0.717) is 18.0 Å². The number of aromatic nitrogens is 2. The van der Waals surface area contributed by atoms with E-state index in [4.69, 9.17) is 15.2 Å². The number of piperazine rings is 1. The molecule has 1 saturated heterocycles. The molecule has 2 aromatic rings. The molecule has 132 valence electrons. The molecule has 1 aliphatic rings. The molecular weight excluding hydrogens is 330 g/mol. The number of hydrogen-bond donors (Lipinski definition) is 1. The summed E-state index contributed by atoms with van der Waals surface area (Å²) in [7, 11) is 3.27. The predicted molar refractivity (Wildman–Crippen MR) is 97.6 cm³/mol. The van der Waals surface area contributed by atoms with Crippen LogP contribution in [-0.4, -0.2) is 68.4 Å². The summed E-state index contributed by atoms with van der Waals surface area (Å²) >= 11 is 0. The fourth-order valence-corrected chi connectivity index (χ4v) is 2.99. The van der Waals surface area contributed by atoms with E-state index in [1.165, 1.54) is 0 Å². The number of ether oxygens (including phenoxy) is 2. The smallest absolute Gasteiger partial charge is 0.162 e. The highest BCUT2D eigenvalue weighted by atomic mass is 35.5. The lowest BCUT2D eigenvalue weighted by Gasteiger charge is -2.35. The van der Waals surface area contributed by atoms with Crippen molar-refractivity contribution in [2.45, 2.75) is 0 Å². The molecule has 2 heterocycles. The fraction of sp³-hybridized carbons (Fsp3) is 0.500. The van der Waals surface area contributed by atoms with Gasteiger partial charge in [-0.15, -0.1) is 12.4 Å². The zero-order valence-electron chi connectivity index (χ0n) is 14.1. The Bertz CT molecular complexity index is 677. The van der Waals surface area contributed by atoms with Gasteiger partial charge in [0.1, 0.15) is 12.1 Å². The highest BCUT2D eigenvalue weighted by Crippen LogP contribution is 2.34. The van der Waals surface area contributed by atoms with Crippen molar-refractivity contribution in [1.82, 2.24) is 14.9 Å². The van der Waals surface area contributed by atoms with Gasteiger partial charge in [-0.05, 0) is 6.07 Å². The van der Waals surface area contributed by atoms with Crippen molar-refractivity contribution in [2.24, 2.45) is 5.73 Å². The van der Waals surface area contributed by atoms with Crippen molar-refractivity contribution >= 4 is 29.1 Å². The number of fused-ring (bicyclic) bond motifs is 1. The van der Waals surface area contributed by atoms with E-state index in [2.05, 4.69) is 19.8 Å². The largest absolute Gasteiger partial charge is 0.493 e. The molecule has 0 aliphatic carbocycles. The van der Waals surface area contributed by atoms with Crippen molar-refractivity contribution in [3.63, 3.8) is 0 Å². The maximum absolute atomic E-state index is 5.64. The van der Waals surface area contributed by atoms with Gasteiger partial charge in [0.2, 0.25) is 0 Å². The molecule has 0 amide bonds. The van der Waals surface area contributed by atoms with Gasteiger partial charge in [0.15, 0.2) is 11.5 Å². The van der Waals surface area contributed by atoms with Crippen LogP contribution in [0.15, 0.2) is 18.5 Å². The Labute approximate surface area is 148 Å². The maximum atomic E-state index is 5.64. The summed E-state index contributed by atoms with van der Waals surface area (Å²) in [5, 5.41) is 0.984. The maximum Gasteiger partial charge on any atom is 0.162 e. The van der Waals surface area contributed by atoms with Crippen LogP contribution in [-0.2, 0) is 0 Å². The highest BCUT2D eigenvalue weighted by Gasteiger charge is 2.20. The second kappa shape index (κ2) is 8.32. The number of benzene rings is 1. The summed E-state index contributed by atoms with van der Waals surface area (Å²) in [4.78, 5) is 13.5. The van der Waals surface area contributed by atoms with Crippen LogP contribution in [0.5, 0.6) is 11.5 Å². The predicted octanol–water partition coefficient (Wildman–Crippen LogP) is 1.15. The first kappa shape index (κ1) is 18.5. The summed E-state index contributed by atoms with van der Waals surface area (Å²) < 4.78 is 10.8. The van der Waals surface area contributed by atoms with Crippen molar-refractivity contribution in [3.05, 3.63) is 18.5 Å². The second-order valence-electron chi connectivity index (χ2n) is 5.54. The van der Waals surface area contributed by atoms with Crippen LogP contribution < -0.4 is 20.1 Å². The van der Waals surface area contributed by atoms with Gasteiger partial charge in [0.25, 0.3) is 0 Å². The normalized spacial score (nSPS) is 15.2. The molecule has 1 aliphatic heterocycles. The van der Waals surface area contributed by atoms with E-state index in [9.17, 15) is 0 Å². The van der Waals surface area contributed by atoms with Crippen LogP contribution in [0.4, 0.5) is 5.82 Å². The molecule has 0 bridgehead atoms. The van der Waals surface area contributed by atoms with Gasteiger partial charge in [0, 0.05) is 50.7 Å². The number of nitrogens with zero attached hydrogens (tertiary/aromatic N) is 4. The third-order valence-corrected chi connectivity index (χ3v) is 4.24. The third-order valence-electron chi connectivity index (χ3n) is 4.24. The third kappa shape index (κ3) is 3.63. The van der Waals surface area contributed by atoms with Crippen LogP contribution in [0.3, 0.4) is 0 Å². The lowest BCUT2D eigenvalue weighted by atomic mass is 10.2. The van der Waals surface area contributed by atoms with E-state index in [1.54, 1.807) is 20.5 Å². The minimum atomic E-state index is 0. The number of anilines is 1. The molecule has 7 nitrogen and oxygen atoms in total. The van der Waals surface area contributed by atoms with Gasteiger partial charge in [0.05, 0.1) is 19.7 Å². The standard InChI is InChI=1S/C16H23N5O2.ClH/c1-22-14-9-12-13(10-15(14)23-2)18-11-19-16(12)21-7-5-20(4-3-17)6-8-21;/h9-11H,3-8,17H2,1-2H3;1H. The van der Waals surface area contributed by atoms with Gasteiger partial charge in [-0.2, -0.15) is 0 Å². The molecular formula is C16H24ClN5O2. The van der Waals surface area contributed by atoms with Gasteiger partial charge in [-0.25, -0.2) is 9.97 Å². The highest BCUT2D eigenvalue weighted by molar-refractivity contribution is 5.92. The van der Waals surface area contributed by atoms with Gasteiger partial charge in [-0.1, -0.05) is 0 Å². The van der Waals surface area contributed by atoms with E-state index in [0.717, 1.165) is 49.4 Å². The molecule has 24 heavy (non-hydrogen) atoms. The molecule has 0 spiro atoms. The fourth-order valence-electron chi connectivity index (χ4n) is 2.99. The van der Waals surface area contributed by atoms with Gasteiger partial charge >= 0.3 is 0 Å². The first-order valence-electron chi connectivity index (χ1n) is 7.81. The zero-order valence-corrected chi connectivity index (χ0v) is 14.9. The Balaban J connectivity index is 0.00000208. The van der Waals surface area contributed by atoms with Crippen LogP contribution in [0.2, 0.25) is 0 Å². The number of methoxy groups -OCH3 is 2. The number of halogens is 1. The van der Waals surface area contributed by atoms with E-state index < -0.39 is 0 Å². The summed E-state index contributed by atoms with van der Waals surface area (Å²) in [6.45, 7) is 5.50. The van der Waals surface area contributed by atoms with Crippen molar-refractivity contribution < 1.29 is 9.47 Å². The average Bonchev–Trinajstić information content (AvgIpc) is 2.61. The molecule has 3 rings (SSSR count). The monoisotopic (exact) mass is 353 g/mol. The summed E-state index contributed by atoms with van der Waals surface area (Å²) in [6.07, 6.45) is 1.61. The summed E-state index contributed by atoms with van der Waals surface area (Å²) in [5.74, 6) is 2.32. The van der Waals surface area contributed by atoms with Crippen molar-refractivity contribution in [1.29, 1.82) is 0 Å². The van der Waals surface area contributed by atoms with Crippen LogP contribution in [0, 0.1) is 0 Å². The molecule has 0 atom stereocenters. The average molecular weight is 354 g/mol. The molecule has 8 heteroatoms. The van der Waals surface area contributed by atoms with Crippen LogP contribution >= 0.6 is 12.4 Å². The van der Waals surface area contributed by atoms with Gasteiger partial charge in [-0.3, -0.25) is 4.90 Å². The Morgan fingerprint density at radius 3 is 2.33 bits per heavy atom. The van der Waals surface area contributed by atoms with E-state index in [-0.39, 0.29) is 12.4 Å². The lowest BCUT2D eigenvalue weighted by Crippen LogP contribution is -2.48. The summed E-state index contributed by atoms with van der Waals surface area (Å²) in [6, 6.07) is 3.85. The molecule has 0 unspecified atom stereocenters. The van der Waals surface area contributed by atoms with E-state index in [1.807, 2.05) is 12.1 Å². The second-order valence-corrected chi connectivity index (χ2v) is 5.54. The molecule has 1 aromatic carbocycles. The van der Waals surface area contributed by atoms with Crippen molar-refractivity contribution in [3.8, 4) is 11.5 Å². The van der Waals surface area contributed by atoms with Crippen LogP contribution in [0.1, 0.15) is 0 Å². The van der Waals surface area contributed by atoms with Gasteiger partial charge < -0.3 is 20.1 Å². The molecule has 2 N–H and O–H groups in total. The molecule has 1 fully saturated rings. The SMILES string of the molecule is COc1cc2ncnc(N3CCN(CCN)CC3)c2cc1OC.Cl. The quantitative estimate of drug-likeness (QED) is 0.864. The zero-order chi connectivity index (χ0) is 16.2. The Hall–Kier alpha value is -1.83. The van der Waals surface area contributed by atoms with Crippen molar-refractivity contribution in [2.75, 3.05) is 58.4 Å². The Kier molecular flexibility index (Phi) is 6.42. The Morgan fingerprint density at radius 2 is 1.71 bits per heavy atom. The van der Waals surface area contributed by atoms with E-state index >= 15 is 0 Å². The number of hydrogen-bond acceptors (Lipinski definition) is 7. The molecule has 1 aromatic heterocycles. The topological polar surface area (TPSA) is 76.7 Å². The minimum absolute atomic E-state index is 0. The Morgan fingerprint density at radius 1 is 1.04 bits per heavy atom. The lowest BCUT2D eigenvalue weighted by molar-refractivity contribution is 0.264. The van der Waals surface area contributed by atoms with Crippen LogP contribution in [0.25, 0.3) is 10.9 Å². The molecule has 0 radical (unpaired) electrons. The molecule has 0 saturated carbocycles.